The van der Waals surface area contributed by atoms with Gasteiger partial charge in [-0.15, -0.1) is 0 Å². The lowest BCUT2D eigenvalue weighted by atomic mass is 9.80. The molecule has 0 aromatic rings. The zero-order chi connectivity index (χ0) is 11.3. The summed E-state index contributed by atoms with van der Waals surface area (Å²) in [6.45, 7) is 10.8. The number of hydrogen-bond acceptors (Lipinski definition) is 2. The Morgan fingerprint density at radius 1 is 1.27 bits per heavy atom. The summed E-state index contributed by atoms with van der Waals surface area (Å²) in [6.07, 6.45) is 4.45. The second kappa shape index (κ2) is 6.49. The fourth-order valence-corrected chi connectivity index (χ4v) is 2.51. The Labute approximate surface area is 94.8 Å². The van der Waals surface area contributed by atoms with Crippen LogP contribution >= 0.6 is 0 Å². The molecular formula is C13H27NO. The third kappa shape index (κ3) is 4.98. The van der Waals surface area contributed by atoms with Crippen LogP contribution in [0.2, 0.25) is 0 Å². The summed E-state index contributed by atoms with van der Waals surface area (Å²) >= 11 is 0. The molecule has 0 aromatic carbocycles. The van der Waals surface area contributed by atoms with Crippen molar-refractivity contribution in [1.82, 2.24) is 5.32 Å². The molecule has 2 nitrogen and oxygen atoms in total. The highest BCUT2D eigenvalue weighted by atomic mass is 16.5. The van der Waals surface area contributed by atoms with Gasteiger partial charge in [0.2, 0.25) is 0 Å². The van der Waals surface area contributed by atoms with E-state index in [0.717, 1.165) is 31.0 Å². The maximum Gasteiger partial charge on any atom is 0.0594 e. The maximum atomic E-state index is 5.53. The molecule has 2 heteroatoms. The molecule has 3 unspecified atom stereocenters. The summed E-state index contributed by atoms with van der Waals surface area (Å²) in [5.41, 5.74) is 0. The van der Waals surface area contributed by atoms with Gasteiger partial charge in [0.15, 0.2) is 0 Å². The summed E-state index contributed by atoms with van der Waals surface area (Å²) in [7, 11) is 0. The van der Waals surface area contributed by atoms with Crippen LogP contribution in [0.5, 0.6) is 0 Å². The molecule has 3 atom stereocenters. The molecule has 15 heavy (non-hydrogen) atoms. The zero-order valence-electron chi connectivity index (χ0n) is 10.8. The van der Waals surface area contributed by atoms with E-state index in [2.05, 4.69) is 33.0 Å². The monoisotopic (exact) mass is 213 g/mol. The lowest BCUT2D eigenvalue weighted by Crippen LogP contribution is -2.40. The maximum absolute atomic E-state index is 5.53. The SMILES string of the molecule is CC1CCC(NCCOC(C)C)C(C)C1. The van der Waals surface area contributed by atoms with E-state index in [9.17, 15) is 0 Å². The van der Waals surface area contributed by atoms with E-state index >= 15 is 0 Å². The molecule has 0 aromatic heterocycles. The van der Waals surface area contributed by atoms with E-state index in [1.165, 1.54) is 19.3 Å². The van der Waals surface area contributed by atoms with Crippen molar-refractivity contribution >= 4 is 0 Å². The fourth-order valence-electron chi connectivity index (χ4n) is 2.51. The van der Waals surface area contributed by atoms with Gasteiger partial charge >= 0.3 is 0 Å². The average molecular weight is 213 g/mol. The van der Waals surface area contributed by atoms with Gasteiger partial charge in [-0.25, -0.2) is 0 Å². The predicted octanol–water partition coefficient (Wildman–Crippen LogP) is 2.83. The van der Waals surface area contributed by atoms with Gasteiger partial charge in [0, 0.05) is 12.6 Å². The number of nitrogens with one attached hydrogen (secondary N) is 1. The third-order valence-corrected chi connectivity index (χ3v) is 3.39. The average Bonchev–Trinajstić information content (AvgIpc) is 2.14. The van der Waals surface area contributed by atoms with Crippen LogP contribution in [0.15, 0.2) is 0 Å². The quantitative estimate of drug-likeness (QED) is 0.709. The first-order valence-electron chi connectivity index (χ1n) is 6.44. The summed E-state index contributed by atoms with van der Waals surface area (Å²) in [5, 5.41) is 3.62. The highest BCUT2D eigenvalue weighted by molar-refractivity contribution is 4.80. The fraction of sp³-hybridized carbons (Fsp3) is 1.00. The summed E-state index contributed by atoms with van der Waals surface area (Å²) in [6, 6.07) is 0.719. The Morgan fingerprint density at radius 3 is 2.60 bits per heavy atom. The van der Waals surface area contributed by atoms with Crippen LogP contribution in [-0.4, -0.2) is 25.3 Å². The smallest absolute Gasteiger partial charge is 0.0594 e. The Balaban J connectivity index is 2.10. The molecule has 0 aliphatic heterocycles. The molecule has 1 N–H and O–H groups in total. The molecule has 1 saturated carbocycles. The molecule has 0 spiro atoms. The third-order valence-electron chi connectivity index (χ3n) is 3.39. The highest BCUT2D eigenvalue weighted by Crippen LogP contribution is 2.28. The van der Waals surface area contributed by atoms with Gasteiger partial charge in [0.25, 0.3) is 0 Å². The van der Waals surface area contributed by atoms with Crippen LogP contribution in [0, 0.1) is 11.8 Å². The van der Waals surface area contributed by atoms with Crippen molar-refractivity contribution in [2.45, 2.75) is 59.1 Å². The van der Waals surface area contributed by atoms with Crippen molar-refractivity contribution in [3.8, 4) is 0 Å². The number of ether oxygens (including phenoxy) is 1. The van der Waals surface area contributed by atoms with Gasteiger partial charge in [-0.3, -0.25) is 0 Å². The second-order valence-electron chi connectivity index (χ2n) is 5.38. The lowest BCUT2D eigenvalue weighted by molar-refractivity contribution is 0.0761. The number of rotatable bonds is 5. The van der Waals surface area contributed by atoms with Gasteiger partial charge in [-0.2, -0.15) is 0 Å². The minimum Gasteiger partial charge on any atom is -0.377 e. The van der Waals surface area contributed by atoms with Crippen LogP contribution in [0.3, 0.4) is 0 Å². The topological polar surface area (TPSA) is 21.3 Å². The van der Waals surface area contributed by atoms with Crippen molar-refractivity contribution in [2.24, 2.45) is 11.8 Å². The standard InChI is InChI=1S/C13H27NO/c1-10(2)15-8-7-14-13-6-5-11(3)9-12(13)4/h10-14H,5-9H2,1-4H3. The predicted molar refractivity (Wildman–Crippen MR) is 65.1 cm³/mol. The van der Waals surface area contributed by atoms with E-state index in [1.807, 2.05) is 0 Å². The van der Waals surface area contributed by atoms with Gasteiger partial charge in [-0.1, -0.05) is 13.8 Å². The molecule has 0 saturated heterocycles. The Morgan fingerprint density at radius 2 is 2.00 bits per heavy atom. The first kappa shape index (κ1) is 13.0. The molecule has 1 aliphatic rings. The second-order valence-corrected chi connectivity index (χ2v) is 5.38. The van der Waals surface area contributed by atoms with E-state index in [-0.39, 0.29) is 0 Å². The largest absolute Gasteiger partial charge is 0.377 e. The van der Waals surface area contributed by atoms with Crippen LogP contribution in [0.25, 0.3) is 0 Å². The molecule has 1 aliphatic carbocycles. The van der Waals surface area contributed by atoms with Crippen molar-refractivity contribution in [2.75, 3.05) is 13.2 Å². The number of hydrogen-bond donors (Lipinski definition) is 1. The molecular weight excluding hydrogens is 186 g/mol. The molecule has 1 rings (SSSR count). The molecule has 0 bridgehead atoms. The van der Waals surface area contributed by atoms with Crippen LogP contribution in [-0.2, 0) is 4.74 Å². The molecule has 0 radical (unpaired) electrons. The van der Waals surface area contributed by atoms with E-state index in [0.29, 0.717) is 6.10 Å². The van der Waals surface area contributed by atoms with E-state index in [4.69, 9.17) is 4.74 Å². The van der Waals surface area contributed by atoms with Crippen molar-refractivity contribution in [3.63, 3.8) is 0 Å². The Kier molecular flexibility index (Phi) is 5.62. The van der Waals surface area contributed by atoms with Crippen LogP contribution in [0.1, 0.15) is 47.0 Å². The molecule has 90 valence electrons. The van der Waals surface area contributed by atoms with Gasteiger partial charge in [0.1, 0.15) is 0 Å². The first-order valence-corrected chi connectivity index (χ1v) is 6.44. The van der Waals surface area contributed by atoms with Gasteiger partial charge in [-0.05, 0) is 44.9 Å². The first-order chi connectivity index (χ1) is 7.09. The van der Waals surface area contributed by atoms with Gasteiger partial charge < -0.3 is 10.1 Å². The normalized spacial score (nSPS) is 32.2. The zero-order valence-corrected chi connectivity index (χ0v) is 10.8. The van der Waals surface area contributed by atoms with Crippen LogP contribution < -0.4 is 5.32 Å². The Bertz CT molecular complexity index is 170. The van der Waals surface area contributed by atoms with Crippen LogP contribution in [0.4, 0.5) is 0 Å². The summed E-state index contributed by atoms with van der Waals surface area (Å²) in [4.78, 5) is 0. The van der Waals surface area contributed by atoms with Gasteiger partial charge in [0.05, 0.1) is 12.7 Å². The summed E-state index contributed by atoms with van der Waals surface area (Å²) < 4.78 is 5.53. The van der Waals surface area contributed by atoms with E-state index < -0.39 is 0 Å². The Hall–Kier alpha value is -0.0800. The van der Waals surface area contributed by atoms with Crippen molar-refractivity contribution in [1.29, 1.82) is 0 Å². The van der Waals surface area contributed by atoms with Crippen molar-refractivity contribution in [3.05, 3.63) is 0 Å². The van der Waals surface area contributed by atoms with Crippen molar-refractivity contribution < 1.29 is 4.74 Å². The minimum atomic E-state index is 0.357. The van der Waals surface area contributed by atoms with E-state index in [1.54, 1.807) is 0 Å². The molecule has 0 amide bonds. The summed E-state index contributed by atoms with van der Waals surface area (Å²) in [5.74, 6) is 1.75. The lowest BCUT2D eigenvalue weighted by Gasteiger charge is -2.33. The molecule has 1 fully saturated rings. The highest BCUT2D eigenvalue weighted by Gasteiger charge is 2.24. The minimum absolute atomic E-state index is 0.357. The molecule has 0 heterocycles.